The predicted molar refractivity (Wildman–Crippen MR) is 193 cm³/mol. The lowest BCUT2D eigenvalue weighted by atomic mass is 9.89. The quantitative estimate of drug-likeness (QED) is 0.264. The van der Waals surface area contributed by atoms with Crippen molar-refractivity contribution in [3.63, 3.8) is 0 Å². The highest BCUT2D eigenvalue weighted by Crippen LogP contribution is 2.38. The van der Waals surface area contributed by atoms with Crippen molar-refractivity contribution in [3.05, 3.63) is 93.7 Å². The van der Waals surface area contributed by atoms with Gasteiger partial charge in [-0.25, -0.2) is 0 Å². The van der Waals surface area contributed by atoms with E-state index < -0.39 is 5.60 Å². The van der Waals surface area contributed by atoms with Crippen LogP contribution in [0.15, 0.2) is 72.8 Å². The molecule has 1 aromatic heterocycles. The third-order valence-electron chi connectivity index (χ3n) is 9.48. The highest BCUT2D eigenvalue weighted by atomic mass is 32.1. The van der Waals surface area contributed by atoms with Gasteiger partial charge in [-0.2, -0.15) is 0 Å². The normalized spacial score (nSPS) is 19.0. The van der Waals surface area contributed by atoms with E-state index in [-0.39, 0.29) is 43.5 Å². The molecule has 1 spiro atoms. The molecular formula is C39H41N3O9S. The van der Waals surface area contributed by atoms with Gasteiger partial charge >= 0.3 is 0 Å². The van der Waals surface area contributed by atoms with Crippen molar-refractivity contribution < 1.29 is 42.8 Å². The van der Waals surface area contributed by atoms with Crippen LogP contribution in [0.4, 0.5) is 0 Å². The molecule has 0 saturated carbocycles. The average molecular weight is 728 g/mol. The van der Waals surface area contributed by atoms with Crippen LogP contribution in [-0.4, -0.2) is 75.3 Å². The van der Waals surface area contributed by atoms with E-state index in [1.54, 1.807) is 59.5 Å². The first-order valence-electron chi connectivity index (χ1n) is 17.4. The minimum atomic E-state index is -1.23. The van der Waals surface area contributed by atoms with Gasteiger partial charge in [-0.3, -0.25) is 14.4 Å². The SMILES string of the molecule is COc1cc2ccc1Oc1ccc(cc1OC)C(=O)NCCOc1ccc(cc1)OC1(CCN(C(=O)c3ccc(C4CCCO4)s3)CC1)C(=O)NC2. The lowest BCUT2D eigenvalue weighted by Crippen LogP contribution is -2.57. The molecule has 12 nitrogen and oxygen atoms in total. The van der Waals surface area contributed by atoms with Gasteiger partial charge in [0.25, 0.3) is 17.7 Å². The zero-order chi connectivity index (χ0) is 36.1. The molecule has 0 radical (unpaired) electrons. The smallest absolute Gasteiger partial charge is 0.264 e. The van der Waals surface area contributed by atoms with E-state index in [1.165, 1.54) is 25.6 Å². The number of ether oxygens (including phenoxy) is 6. The van der Waals surface area contributed by atoms with Crippen molar-refractivity contribution in [1.82, 2.24) is 15.5 Å². The van der Waals surface area contributed by atoms with Gasteiger partial charge in [0.05, 0.1) is 31.7 Å². The first kappa shape index (κ1) is 35.1. The van der Waals surface area contributed by atoms with E-state index in [0.29, 0.717) is 70.9 Å². The number of thiophene rings is 1. The molecule has 0 aliphatic carbocycles. The average Bonchev–Trinajstić information content (AvgIpc) is 3.90. The highest BCUT2D eigenvalue weighted by molar-refractivity contribution is 7.14. The molecule has 8 aliphatic rings. The molecule has 9 heterocycles. The summed E-state index contributed by atoms with van der Waals surface area (Å²) in [5.41, 5.74) is -0.0487. The molecule has 4 aromatic rings. The van der Waals surface area contributed by atoms with Crippen LogP contribution in [0, 0.1) is 0 Å². The summed E-state index contributed by atoms with van der Waals surface area (Å²) in [7, 11) is 3.04. The lowest BCUT2D eigenvalue weighted by molar-refractivity contribution is -0.141. The van der Waals surface area contributed by atoms with Gasteiger partial charge in [0.2, 0.25) is 0 Å². The van der Waals surface area contributed by atoms with Crippen LogP contribution in [0.3, 0.4) is 0 Å². The van der Waals surface area contributed by atoms with E-state index in [0.717, 1.165) is 29.9 Å². The van der Waals surface area contributed by atoms with Crippen LogP contribution in [-0.2, 0) is 16.1 Å². The third kappa shape index (κ3) is 7.65. The Kier molecular flexibility index (Phi) is 10.5. The second kappa shape index (κ2) is 15.5. The summed E-state index contributed by atoms with van der Waals surface area (Å²) in [5, 5.41) is 5.93. The fourth-order valence-corrected chi connectivity index (χ4v) is 7.63. The standard InChI is InChI=1S/C39H41N3O9S/c1-46-32-22-25-5-11-29(32)50-30-12-6-26(23-33(30)47-2)36(43)40-17-21-48-27-7-9-28(10-8-27)51-39(38(45)41-24-25)15-18-42(19-16-39)37(44)35-14-13-34(52-35)31-4-3-20-49-31/h5-14,22-23,31H,3-4,15-21,24H2,1-2H3,(H,40,43)(H,41,45). The molecule has 1 unspecified atom stereocenters. The molecule has 3 amide bonds. The Morgan fingerprint density at radius 1 is 0.865 bits per heavy atom. The van der Waals surface area contributed by atoms with Gasteiger partial charge in [-0.15, -0.1) is 11.3 Å². The van der Waals surface area contributed by atoms with E-state index in [4.69, 9.17) is 28.4 Å². The molecule has 2 fully saturated rings. The lowest BCUT2D eigenvalue weighted by Gasteiger charge is -2.40. The predicted octanol–water partition coefficient (Wildman–Crippen LogP) is 5.90. The zero-order valence-electron chi connectivity index (χ0n) is 29.1. The Morgan fingerprint density at radius 3 is 2.33 bits per heavy atom. The summed E-state index contributed by atoms with van der Waals surface area (Å²) >= 11 is 1.48. The summed E-state index contributed by atoms with van der Waals surface area (Å²) in [4.78, 5) is 44.1. The van der Waals surface area contributed by atoms with Crippen LogP contribution in [0.2, 0.25) is 0 Å². The molecule has 3 aromatic carbocycles. The van der Waals surface area contributed by atoms with Crippen LogP contribution in [0.5, 0.6) is 34.5 Å². The van der Waals surface area contributed by atoms with Crippen molar-refractivity contribution >= 4 is 29.1 Å². The minimum Gasteiger partial charge on any atom is -0.493 e. The van der Waals surface area contributed by atoms with E-state index in [1.807, 2.05) is 18.2 Å². The number of amides is 3. The fourth-order valence-electron chi connectivity index (χ4n) is 6.57. The van der Waals surface area contributed by atoms with Gasteiger partial charge < -0.3 is 44.0 Å². The monoisotopic (exact) mass is 727 g/mol. The van der Waals surface area contributed by atoms with Crippen LogP contribution in [0.1, 0.15) is 62.3 Å². The Balaban J connectivity index is 1.12. The van der Waals surface area contributed by atoms with Gasteiger partial charge in [0, 0.05) is 49.5 Å². The summed E-state index contributed by atoms with van der Waals surface area (Å²) < 4.78 is 35.5. The molecule has 8 aliphatic heterocycles. The Morgan fingerprint density at radius 2 is 1.60 bits per heavy atom. The second-order valence-corrected chi connectivity index (χ2v) is 13.9. The zero-order valence-corrected chi connectivity index (χ0v) is 29.9. The van der Waals surface area contributed by atoms with Crippen molar-refractivity contribution in [3.8, 4) is 34.5 Å². The Bertz CT molecular complexity index is 1910. The summed E-state index contributed by atoms with van der Waals surface area (Å²) in [6.07, 6.45) is 2.63. The number of piperidine rings is 1. The maximum absolute atomic E-state index is 14.1. The van der Waals surface area contributed by atoms with Gasteiger partial charge in [0.1, 0.15) is 18.1 Å². The molecule has 12 rings (SSSR count). The summed E-state index contributed by atoms with van der Waals surface area (Å²) in [5.74, 6) is 2.10. The maximum Gasteiger partial charge on any atom is 0.264 e. The number of nitrogens with one attached hydrogen (secondary N) is 2. The highest BCUT2D eigenvalue weighted by Gasteiger charge is 2.45. The molecule has 52 heavy (non-hydrogen) atoms. The third-order valence-corrected chi connectivity index (χ3v) is 10.6. The fraction of sp³-hybridized carbons (Fsp3) is 0.359. The number of carbonyl (C=O) groups excluding carboxylic acids is 3. The maximum atomic E-state index is 14.1. The van der Waals surface area contributed by atoms with Crippen molar-refractivity contribution in [2.45, 2.75) is 43.9 Å². The van der Waals surface area contributed by atoms with Gasteiger partial charge in [-0.1, -0.05) is 6.07 Å². The Hall–Kier alpha value is -5.27. The first-order valence-corrected chi connectivity index (χ1v) is 18.2. The summed E-state index contributed by atoms with van der Waals surface area (Å²) in [6, 6.07) is 21.2. The molecular weight excluding hydrogens is 687 g/mol. The molecule has 13 heteroatoms. The van der Waals surface area contributed by atoms with Crippen LogP contribution in [0.25, 0.3) is 0 Å². The second-order valence-electron chi connectivity index (χ2n) is 12.8. The van der Waals surface area contributed by atoms with E-state index >= 15 is 0 Å². The van der Waals surface area contributed by atoms with Crippen LogP contribution < -0.4 is 34.3 Å². The topological polar surface area (TPSA) is 134 Å². The Labute approximate surface area is 305 Å². The number of hydrogen-bond donors (Lipinski definition) is 2. The van der Waals surface area contributed by atoms with Crippen molar-refractivity contribution in [2.75, 3.05) is 47.1 Å². The van der Waals surface area contributed by atoms with Crippen molar-refractivity contribution in [2.24, 2.45) is 0 Å². The molecule has 6 bridgehead atoms. The number of rotatable bonds is 4. The molecule has 1 atom stereocenters. The van der Waals surface area contributed by atoms with Gasteiger partial charge in [-0.05, 0) is 85.1 Å². The van der Waals surface area contributed by atoms with Crippen molar-refractivity contribution in [1.29, 1.82) is 0 Å². The molecule has 272 valence electrons. The first-order chi connectivity index (χ1) is 25.3. The number of hydrogen-bond acceptors (Lipinski definition) is 10. The number of carbonyl (C=O) groups is 3. The molecule has 2 saturated heterocycles. The van der Waals surface area contributed by atoms with Gasteiger partial charge in [0.15, 0.2) is 28.6 Å². The van der Waals surface area contributed by atoms with E-state index in [9.17, 15) is 14.4 Å². The number of methoxy groups -OCH3 is 2. The largest absolute Gasteiger partial charge is 0.493 e. The molecule has 2 N–H and O–H groups in total. The number of benzene rings is 3. The van der Waals surface area contributed by atoms with E-state index in [2.05, 4.69) is 10.6 Å². The summed E-state index contributed by atoms with van der Waals surface area (Å²) in [6.45, 7) is 2.13. The minimum absolute atomic E-state index is 0.0558. The number of nitrogens with zero attached hydrogens (tertiary/aromatic N) is 1. The van der Waals surface area contributed by atoms with Crippen LogP contribution >= 0.6 is 11.3 Å². The number of likely N-dealkylation sites (tertiary alicyclic amines) is 1.